The molecule has 7 nitrogen and oxygen atoms in total. The van der Waals surface area contributed by atoms with Crippen LogP contribution in [0.3, 0.4) is 0 Å². The Morgan fingerprint density at radius 2 is 1.77 bits per heavy atom. The number of aliphatic hydroxyl groups excluding tert-OH is 1. The minimum absolute atomic E-state index is 0.151. The van der Waals surface area contributed by atoms with Crippen LogP contribution < -0.4 is 15.2 Å². The van der Waals surface area contributed by atoms with Gasteiger partial charge in [-0.3, -0.25) is 4.79 Å². The van der Waals surface area contributed by atoms with Gasteiger partial charge in [-0.1, -0.05) is 32.9 Å². The van der Waals surface area contributed by atoms with E-state index in [2.05, 4.69) is 13.8 Å². The number of carboxylic acid groups (broad SMARTS) is 1. The van der Waals surface area contributed by atoms with Gasteiger partial charge in [-0.05, 0) is 54.9 Å². The molecule has 4 N–H and O–H groups in total. The molecule has 0 heterocycles. The lowest BCUT2D eigenvalue weighted by molar-refractivity contribution is -0.142. The molecule has 0 saturated carbocycles. The average Bonchev–Trinajstić information content (AvgIpc) is 2.72. The molecular formula is C24H39NO6. The first-order chi connectivity index (χ1) is 14.7. The predicted molar refractivity (Wildman–Crippen MR) is 122 cm³/mol. The number of rotatable bonds is 15. The number of hydrogen-bond donors (Lipinski definition) is 3. The van der Waals surface area contributed by atoms with Crippen molar-refractivity contribution in [3.05, 3.63) is 35.9 Å². The Balaban J connectivity index is 2.82. The molecule has 0 aromatic heterocycles. The Labute approximate surface area is 186 Å². The SMILES string of the molecule is COCC=CCOc1cc(CC(CC(N)C(O)CC(C)C(=O)O)C(C)C)ccc1OC. The Kier molecular flexibility index (Phi) is 12.2. The van der Waals surface area contributed by atoms with Crippen LogP contribution >= 0.6 is 0 Å². The summed E-state index contributed by atoms with van der Waals surface area (Å²) in [6.07, 6.45) is 4.47. The van der Waals surface area contributed by atoms with Gasteiger partial charge in [-0.15, -0.1) is 0 Å². The molecule has 0 fully saturated rings. The van der Waals surface area contributed by atoms with Gasteiger partial charge in [0.15, 0.2) is 11.5 Å². The number of carboxylic acids is 1. The normalized spacial score (nSPS) is 15.6. The van der Waals surface area contributed by atoms with E-state index in [1.807, 2.05) is 30.4 Å². The number of methoxy groups -OCH3 is 2. The van der Waals surface area contributed by atoms with Crippen molar-refractivity contribution in [3.8, 4) is 11.5 Å². The van der Waals surface area contributed by atoms with Crippen molar-refractivity contribution in [2.24, 2.45) is 23.5 Å². The average molecular weight is 438 g/mol. The summed E-state index contributed by atoms with van der Waals surface area (Å²) >= 11 is 0. The number of hydrogen-bond acceptors (Lipinski definition) is 6. The van der Waals surface area contributed by atoms with Gasteiger partial charge in [0.05, 0.1) is 25.7 Å². The largest absolute Gasteiger partial charge is 0.493 e. The highest BCUT2D eigenvalue weighted by atomic mass is 16.5. The van der Waals surface area contributed by atoms with E-state index in [0.29, 0.717) is 37.1 Å². The molecule has 31 heavy (non-hydrogen) atoms. The Morgan fingerprint density at radius 1 is 1.10 bits per heavy atom. The monoisotopic (exact) mass is 437 g/mol. The molecule has 1 rings (SSSR count). The topological polar surface area (TPSA) is 111 Å². The summed E-state index contributed by atoms with van der Waals surface area (Å²) in [7, 11) is 3.25. The molecule has 0 bridgehead atoms. The highest BCUT2D eigenvalue weighted by Crippen LogP contribution is 2.31. The second-order valence-electron chi connectivity index (χ2n) is 8.37. The molecule has 0 spiro atoms. The first-order valence-electron chi connectivity index (χ1n) is 10.8. The van der Waals surface area contributed by atoms with Crippen LogP contribution in [0.25, 0.3) is 0 Å². The highest BCUT2D eigenvalue weighted by molar-refractivity contribution is 5.69. The summed E-state index contributed by atoms with van der Waals surface area (Å²) in [6, 6.07) is 5.40. The smallest absolute Gasteiger partial charge is 0.306 e. The standard InChI is InChI=1S/C24H39NO6/c1-16(2)19(15-20(25)21(26)12-17(3)24(27)28)13-18-8-9-22(30-5)23(14-18)31-11-7-6-10-29-4/h6-9,14,16-17,19-21,26H,10-13,15,25H2,1-5H3,(H,27,28). The molecule has 0 aliphatic rings. The molecule has 0 saturated heterocycles. The van der Waals surface area contributed by atoms with Gasteiger partial charge in [0.1, 0.15) is 6.61 Å². The number of benzene rings is 1. The van der Waals surface area contributed by atoms with Crippen molar-refractivity contribution >= 4 is 5.97 Å². The van der Waals surface area contributed by atoms with Crippen LogP contribution in [0.2, 0.25) is 0 Å². The quantitative estimate of drug-likeness (QED) is 0.361. The Hall–Kier alpha value is -2.09. The van der Waals surface area contributed by atoms with Gasteiger partial charge >= 0.3 is 5.97 Å². The number of aliphatic hydroxyl groups is 1. The van der Waals surface area contributed by atoms with Crippen molar-refractivity contribution in [2.75, 3.05) is 27.4 Å². The lowest BCUT2D eigenvalue weighted by Crippen LogP contribution is -2.39. The summed E-state index contributed by atoms with van der Waals surface area (Å²) in [4.78, 5) is 11.1. The summed E-state index contributed by atoms with van der Waals surface area (Å²) in [5.74, 6) is 0.363. The third-order valence-corrected chi connectivity index (χ3v) is 5.52. The fraction of sp³-hybridized carbons (Fsp3) is 0.625. The molecular weight excluding hydrogens is 398 g/mol. The van der Waals surface area contributed by atoms with Crippen LogP contribution in [0.15, 0.2) is 30.4 Å². The van der Waals surface area contributed by atoms with Crippen molar-refractivity contribution in [1.29, 1.82) is 0 Å². The molecule has 4 atom stereocenters. The minimum Gasteiger partial charge on any atom is -0.493 e. The maximum atomic E-state index is 11.1. The number of ether oxygens (including phenoxy) is 3. The third-order valence-electron chi connectivity index (χ3n) is 5.52. The lowest BCUT2D eigenvalue weighted by atomic mass is 9.82. The first-order valence-corrected chi connectivity index (χ1v) is 10.8. The van der Waals surface area contributed by atoms with E-state index in [9.17, 15) is 9.90 Å². The molecule has 4 unspecified atom stereocenters. The van der Waals surface area contributed by atoms with E-state index in [1.165, 1.54) is 0 Å². The van der Waals surface area contributed by atoms with Crippen molar-refractivity contribution in [3.63, 3.8) is 0 Å². The molecule has 1 aromatic carbocycles. The maximum Gasteiger partial charge on any atom is 0.306 e. The summed E-state index contributed by atoms with van der Waals surface area (Å²) in [5.41, 5.74) is 7.33. The predicted octanol–water partition coefficient (Wildman–Crippen LogP) is 3.28. The molecule has 0 amide bonds. The van der Waals surface area contributed by atoms with Crippen LogP contribution in [-0.2, 0) is 16.0 Å². The molecule has 0 radical (unpaired) electrons. The minimum atomic E-state index is -0.922. The second-order valence-corrected chi connectivity index (χ2v) is 8.37. The van der Waals surface area contributed by atoms with Gasteiger partial charge in [0.25, 0.3) is 0 Å². The van der Waals surface area contributed by atoms with E-state index in [1.54, 1.807) is 21.1 Å². The number of aliphatic carboxylic acids is 1. The van der Waals surface area contributed by atoms with Gasteiger partial charge in [0, 0.05) is 13.2 Å². The van der Waals surface area contributed by atoms with E-state index in [4.69, 9.17) is 25.1 Å². The number of nitrogens with two attached hydrogens (primary N) is 1. The fourth-order valence-electron chi connectivity index (χ4n) is 3.37. The zero-order valence-corrected chi connectivity index (χ0v) is 19.4. The summed E-state index contributed by atoms with van der Waals surface area (Å²) in [6.45, 7) is 6.79. The fourth-order valence-corrected chi connectivity index (χ4v) is 3.37. The van der Waals surface area contributed by atoms with Crippen LogP contribution in [0.4, 0.5) is 0 Å². The highest BCUT2D eigenvalue weighted by Gasteiger charge is 2.26. The zero-order chi connectivity index (χ0) is 23.4. The molecule has 0 aliphatic carbocycles. The summed E-state index contributed by atoms with van der Waals surface area (Å²) < 4.78 is 16.2. The summed E-state index contributed by atoms with van der Waals surface area (Å²) in [5, 5.41) is 19.4. The van der Waals surface area contributed by atoms with E-state index in [-0.39, 0.29) is 12.3 Å². The maximum absolute atomic E-state index is 11.1. The third kappa shape index (κ3) is 9.72. The van der Waals surface area contributed by atoms with Crippen LogP contribution in [0.1, 0.15) is 39.2 Å². The van der Waals surface area contributed by atoms with Crippen molar-refractivity contribution < 1.29 is 29.2 Å². The Bertz CT molecular complexity index is 691. The number of carbonyl (C=O) groups is 1. The van der Waals surface area contributed by atoms with Gasteiger partial charge in [-0.2, -0.15) is 0 Å². The first kappa shape index (κ1) is 26.9. The van der Waals surface area contributed by atoms with Gasteiger partial charge in [0.2, 0.25) is 0 Å². The van der Waals surface area contributed by atoms with Crippen LogP contribution in [0, 0.1) is 17.8 Å². The Morgan fingerprint density at radius 3 is 2.35 bits per heavy atom. The van der Waals surface area contributed by atoms with E-state index >= 15 is 0 Å². The van der Waals surface area contributed by atoms with Crippen LogP contribution in [0.5, 0.6) is 11.5 Å². The molecule has 1 aromatic rings. The molecule has 7 heteroatoms. The molecule has 0 aliphatic heterocycles. The van der Waals surface area contributed by atoms with Crippen LogP contribution in [-0.4, -0.2) is 55.8 Å². The van der Waals surface area contributed by atoms with Gasteiger partial charge in [-0.25, -0.2) is 0 Å². The molecule has 176 valence electrons. The zero-order valence-electron chi connectivity index (χ0n) is 19.4. The van der Waals surface area contributed by atoms with Crippen molar-refractivity contribution in [2.45, 2.75) is 52.2 Å². The van der Waals surface area contributed by atoms with Gasteiger partial charge < -0.3 is 30.2 Å². The lowest BCUT2D eigenvalue weighted by Gasteiger charge is -2.28. The van der Waals surface area contributed by atoms with E-state index < -0.39 is 24.0 Å². The van der Waals surface area contributed by atoms with E-state index in [0.717, 1.165) is 12.0 Å². The van der Waals surface area contributed by atoms with Crippen molar-refractivity contribution in [1.82, 2.24) is 0 Å². The second kappa shape index (κ2) is 14.1.